The van der Waals surface area contributed by atoms with Gasteiger partial charge in [0.2, 0.25) is 0 Å². The zero-order chi connectivity index (χ0) is 19.7. The highest BCUT2D eigenvalue weighted by Crippen LogP contribution is 2.19. The molecule has 3 aromatic rings. The van der Waals surface area contributed by atoms with E-state index in [-0.39, 0.29) is 11.4 Å². The van der Waals surface area contributed by atoms with Crippen molar-refractivity contribution in [2.24, 2.45) is 14.1 Å². The molecule has 0 fully saturated rings. The normalized spacial score (nSPS) is 10.6. The van der Waals surface area contributed by atoms with Crippen molar-refractivity contribution in [2.75, 3.05) is 5.32 Å². The fourth-order valence-corrected chi connectivity index (χ4v) is 3.08. The van der Waals surface area contributed by atoms with Gasteiger partial charge in [0, 0.05) is 31.9 Å². The largest absolute Gasteiger partial charge is 0.366 e. The molecule has 0 amide bonds. The summed E-state index contributed by atoms with van der Waals surface area (Å²) in [5.74, 6) is 0.205. The lowest BCUT2D eigenvalue weighted by molar-refractivity contribution is 0.685. The van der Waals surface area contributed by atoms with Crippen molar-refractivity contribution in [3.63, 3.8) is 0 Å². The Morgan fingerprint density at radius 3 is 2.41 bits per heavy atom. The Kier molecular flexibility index (Phi) is 4.69. The molecule has 8 heteroatoms. The number of nitrogens with one attached hydrogen (secondary N) is 1. The Labute approximate surface area is 155 Å². The van der Waals surface area contributed by atoms with Crippen LogP contribution >= 0.6 is 0 Å². The summed E-state index contributed by atoms with van der Waals surface area (Å²) < 4.78 is 4.04. The maximum absolute atomic E-state index is 12.2. The Morgan fingerprint density at radius 1 is 1.11 bits per heavy atom. The number of para-hydroxylation sites is 1. The van der Waals surface area contributed by atoms with E-state index in [1.807, 2.05) is 54.9 Å². The highest BCUT2D eigenvalue weighted by molar-refractivity contribution is 5.52. The zero-order valence-electron chi connectivity index (χ0n) is 15.6. The molecule has 0 atom stereocenters. The molecular formula is C19H20N6O2. The molecule has 0 saturated heterocycles. The van der Waals surface area contributed by atoms with E-state index in [9.17, 15) is 14.9 Å². The second kappa shape index (κ2) is 6.96. The van der Waals surface area contributed by atoms with Gasteiger partial charge in [0.05, 0.1) is 11.4 Å². The standard InChI is InChI=1S/C19H20N6O2/c1-12-16(13(2)25(22-12)14-8-6-5-7-9-14)11-21-17-15(10-20)18(26)24(4)19(27)23(17)3/h5-9,21H,11H2,1-4H3. The van der Waals surface area contributed by atoms with Gasteiger partial charge in [0.1, 0.15) is 11.9 Å². The average molecular weight is 364 g/mol. The lowest BCUT2D eigenvalue weighted by Gasteiger charge is -2.14. The topological polar surface area (TPSA) is 97.6 Å². The van der Waals surface area contributed by atoms with Crippen molar-refractivity contribution in [2.45, 2.75) is 20.4 Å². The SMILES string of the molecule is Cc1nn(-c2ccccc2)c(C)c1CNc1c(C#N)c(=O)n(C)c(=O)n1C. The molecular weight excluding hydrogens is 344 g/mol. The Hall–Kier alpha value is -3.60. The molecule has 0 aliphatic heterocycles. The van der Waals surface area contributed by atoms with Crippen molar-refractivity contribution in [3.05, 3.63) is 73.7 Å². The number of nitriles is 1. The lowest BCUT2D eigenvalue weighted by atomic mass is 10.2. The Morgan fingerprint density at radius 2 is 1.78 bits per heavy atom. The first-order valence-corrected chi connectivity index (χ1v) is 8.41. The molecule has 0 unspecified atom stereocenters. The predicted octanol–water partition coefficient (Wildman–Crippen LogP) is 1.37. The van der Waals surface area contributed by atoms with Gasteiger partial charge < -0.3 is 5.32 Å². The van der Waals surface area contributed by atoms with Gasteiger partial charge in [0.15, 0.2) is 5.56 Å². The van der Waals surface area contributed by atoms with Crippen LogP contribution in [-0.2, 0) is 20.6 Å². The maximum atomic E-state index is 12.2. The number of benzene rings is 1. The zero-order valence-corrected chi connectivity index (χ0v) is 15.6. The molecule has 0 spiro atoms. The number of hydrogen-bond donors (Lipinski definition) is 1. The van der Waals surface area contributed by atoms with Crippen LogP contribution in [0.4, 0.5) is 5.82 Å². The van der Waals surface area contributed by atoms with Crippen LogP contribution in [0, 0.1) is 25.2 Å². The lowest BCUT2D eigenvalue weighted by Crippen LogP contribution is -2.39. The van der Waals surface area contributed by atoms with Gasteiger partial charge in [-0.25, -0.2) is 9.48 Å². The summed E-state index contributed by atoms with van der Waals surface area (Å²) in [6.45, 7) is 4.19. The summed E-state index contributed by atoms with van der Waals surface area (Å²) in [5.41, 5.74) is 2.46. The Bertz CT molecular complexity index is 1160. The summed E-state index contributed by atoms with van der Waals surface area (Å²) in [5, 5.41) is 17.0. The van der Waals surface area contributed by atoms with Crippen LogP contribution in [0.3, 0.4) is 0 Å². The first-order chi connectivity index (χ1) is 12.9. The van der Waals surface area contributed by atoms with Crippen LogP contribution in [-0.4, -0.2) is 18.9 Å². The van der Waals surface area contributed by atoms with E-state index in [2.05, 4.69) is 10.4 Å². The highest BCUT2D eigenvalue weighted by Gasteiger charge is 2.17. The first-order valence-electron chi connectivity index (χ1n) is 8.41. The molecule has 0 aliphatic rings. The fraction of sp³-hybridized carbons (Fsp3) is 0.263. The number of aryl methyl sites for hydroxylation is 1. The summed E-state index contributed by atoms with van der Waals surface area (Å²) in [4.78, 5) is 24.4. The molecule has 1 N–H and O–H groups in total. The van der Waals surface area contributed by atoms with E-state index in [1.165, 1.54) is 18.7 Å². The van der Waals surface area contributed by atoms with Gasteiger partial charge in [-0.15, -0.1) is 0 Å². The van der Waals surface area contributed by atoms with Gasteiger partial charge in [-0.05, 0) is 26.0 Å². The van der Waals surface area contributed by atoms with E-state index < -0.39 is 11.2 Å². The van der Waals surface area contributed by atoms with E-state index in [1.54, 1.807) is 0 Å². The smallest absolute Gasteiger partial charge is 0.332 e. The van der Waals surface area contributed by atoms with Crippen LogP contribution < -0.4 is 16.6 Å². The molecule has 3 rings (SSSR count). The molecule has 0 bridgehead atoms. The number of nitrogens with zero attached hydrogens (tertiary/aromatic N) is 5. The molecule has 0 radical (unpaired) electrons. The maximum Gasteiger partial charge on any atom is 0.332 e. The number of anilines is 1. The van der Waals surface area contributed by atoms with Crippen LogP contribution in [0.1, 0.15) is 22.5 Å². The number of hydrogen-bond acceptors (Lipinski definition) is 5. The monoisotopic (exact) mass is 364 g/mol. The van der Waals surface area contributed by atoms with E-state index in [0.29, 0.717) is 6.54 Å². The molecule has 8 nitrogen and oxygen atoms in total. The molecule has 27 heavy (non-hydrogen) atoms. The van der Waals surface area contributed by atoms with Gasteiger partial charge in [-0.3, -0.25) is 13.9 Å². The fourth-order valence-electron chi connectivity index (χ4n) is 3.08. The van der Waals surface area contributed by atoms with Crippen LogP contribution in [0.5, 0.6) is 0 Å². The third-order valence-electron chi connectivity index (χ3n) is 4.65. The molecule has 0 aliphatic carbocycles. The predicted molar refractivity (Wildman–Crippen MR) is 102 cm³/mol. The van der Waals surface area contributed by atoms with Crippen LogP contribution in [0.2, 0.25) is 0 Å². The second-order valence-electron chi connectivity index (χ2n) is 6.29. The number of rotatable bonds is 4. The highest BCUT2D eigenvalue weighted by atomic mass is 16.2. The third-order valence-corrected chi connectivity index (χ3v) is 4.65. The van der Waals surface area contributed by atoms with Gasteiger partial charge in [-0.1, -0.05) is 18.2 Å². The molecule has 138 valence electrons. The molecule has 2 heterocycles. The minimum Gasteiger partial charge on any atom is -0.366 e. The first kappa shape index (κ1) is 18.2. The van der Waals surface area contributed by atoms with E-state index in [4.69, 9.17) is 0 Å². The molecule has 0 saturated carbocycles. The van der Waals surface area contributed by atoms with Gasteiger partial charge in [0.25, 0.3) is 5.56 Å². The minimum absolute atomic E-state index is 0.0923. The second-order valence-corrected chi connectivity index (χ2v) is 6.29. The quantitative estimate of drug-likeness (QED) is 0.754. The summed E-state index contributed by atoms with van der Waals surface area (Å²) in [6, 6.07) is 11.7. The van der Waals surface area contributed by atoms with Crippen molar-refractivity contribution < 1.29 is 0 Å². The molecule has 2 aromatic heterocycles. The molecule has 1 aromatic carbocycles. The summed E-state index contributed by atoms with van der Waals surface area (Å²) in [7, 11) is 2.88. The Balaban J connectivity index is 2.00. The van der Waals surface area contributed by atoms with Crippen molar-refractivity contribution in [1.29, 1.82) is 5.26 Å². The van der Waals surface area contributed by atoms with Crippen molar-refractivity contribution in [3.8, 4) is 11.8 Å². The van der Waals surface area contributed by atoms with E-state index in [0.717, 1.165) is 27.2 Å². The third kappa shape index (κ3) is 3.04. The van der Waals surface area contributed by atoms with E-state index >= 15 is 0 Å². The average Bonchev–Trinajstić information content (AvgIpc) is 2.96. The summed E-state index contributed by atoms with van der Waals surface area (Å²) >= 11 is 0. The van der Waals surface area contributed by atoms with Crippen LogP contribution in [0.15, 0.2) is 39.9 Å². The van der Waals surface area contributed by atoms with Gasteiger partial charge in [-0.2, -0.15) is 10.4 Å². The number of aromatic nitrogens is 4. The minimum atomic E-state index is -0.614. The van der Waals surface area contributed by atoms with Gasteiger partial charge >= 0.3 is 5.69 Å². The summed E-state index contributed by atoms with van der Waals surface area (Å²) in [6.07, 6.45) is 0. The van der Waals surface area contributed by atoms with Crippen LogP contribution in [0.25, 0.3) is 5.69 Å². The van der Waals surface area contributed by atoms with Crippen molar-refractivity contribution >= 4 is 5.82 Å². The van der Waals surface area contributed by atoms with Crippen molar-refractivity contribution in [1.82, 2.24) is 18.9 Å².